The van der Waals surface area contributed by atoms with Gasteiger partial charge in [-0.2, -0.15) is 26.3 Å². The molecule has 3 rings (SSSR count). The van der Waals surface area contributed by atoms with Crippen LogP contribution in [0.3, 0.4) is 0 Å². The number of carbonyl (C=O) groups is 3. The molecule has 1 saturated heterocycles. The number of piperidine rings is 1. The third-order valence-electron chi connectivity index (χ3n) is 8.34. The number of nitrogens with zero attached hydrogens (tertiary/aromatic N) is 2. The van der Waals surface area contributed by atoms with Gasteiger partial charge in [0.2, 0.25) is 0 Å². The molecule has 0 spiro atoms. The Hall–Kier alpha value is -3.77. The molecule has 0 aliphatic carbocycles. The molecular weight excluding hydrogens is 594 g/mol. The van der Waals surface area contributed by atoms with Crippen molar-refractivity contribution in [3.8, 4) is 0 Å². The smallest absolute Gasteiger partial charge is 0.416 e. The fourth-order valence-electron chi connectivity index (χ4n) is 5.75. The van der Waals surface area contributed by atoms with Crippen LogP contribution < -0.4 is 0 Å². The molecule has 7 nitrogen and oxygen atoms in total. The van der Waals surface area contributed by atoms with E-state index in [9.17, 15) is 40.7 Å². The van der Waals surface area contributed by atoms with E-state index in [0.717, 1.165) is 21.6 Å². The standard InChI is InChI=1S/C31H36F6N2O5/c1-17-7-8-24(18(2)11-17)26-14-20(25(28(41)44-6)16-27(40)43-5)9-10-39(26)29(42)38(4)19(3)21-12-22(30(32,33)34)15-23(13-21)31(35,36)37/h7-8,11-13,15,19-20,25-26H,9-10,14,16H2,1-6H3/t19-,20?,25?,26-/m1/s1. The number of esters is 2. The van der Waals surface area contributed by atoms with E-state index < -0.39 is 65.4 Å². The fraction of sp³-hybridized carbons (Fsp3) is 0.516. The van der Waals surface area contributed by atoms with Gasteiger partial charge in [-0.05, 0) is 74.4 Å². The van der Waals surface area contributed by atoms with Gasteiger partial charge < -0.3 is 19.3 Å². The maximum Gasteiger partial charge on any atom is 0.416 e. The Bertz CT molecular complexity index is 1340. The topological polar surface area (TPSA) is 76.2 Å². The minimum atomic E-state index is -5.03. The number of alkyl halides is 6. The largest absolute Gasteiger partial charge is 0.469 e. The third kappa shape index (κ3) is 7.84. The lowest BCUT2D eigenvalue weighted by Crippen LogP contribution is -2.49. The molecule has 1 aliphatic heterocycles. The summed E-state index contributed by atoms with van der Waals surface area (Å²) in [6, 6.07) is 4.50. The SMILES string of the molecule is COC(=O)CC(C(=O)OC)C1CCN(C(=O)N(C)[C@H](C)c2cc(C(F)(F)F)cc(C(F)(F)F)c2)[C@@H](c2ccc(C)cc2C)C1. The van der Waals surface area contributed by atoms with Gasteiger partial charge in [0.1, 0.15) is 0 Å². The second-order valence-corrected chi connectivity index (χ2v) is 11.2. The molecule has 1 heterocycles. The van der Waals surface area contributed by atoms with Crippen molar-refractivity contribution in [2.45, 2.75) is 64.5 Å². The minimum Gasteiger partial charge on any atom is -0.469 e. The zero-order valence-electron chi connectivity index (χ0n) is 25.3. The van der Waals surface area contributed by atoms with Gasteiger partial charge in [-0.25, -0.2) is 4.79 Å². The molecule has 13 heteroatoms. The molecule has 242 valence electrons. The summed E-state index contributed by atoms with van der Waals surface area (Å²) < 4.78 is 90.9. The Morgan fingerprint density at radius 2 is 1.55 bits per heavy atom. The molecule has 0 radical (unpaired) electrons. The van der Waals surface area contributed by atoms with Gasteiger partial charge in [0.25, 0.3) is 0 Å². The maximum atomic E-state index is 14.0. The Kier molecular flexibility index (Phi) is 10.6. The molecule has 2 amide bonds. The van der Waals surface area contributed by atoms with Crippen molar-refractivity contribution in [3.63, 3.8) is 0 Å². The monoisotopic (exact) mass is 630 g/mol. The molecule has 2 unspecified atom stereocenters. The molecular formula is C31H36F6N2O5. The van der Waals surface area contributed by atoms with Gasteiger partial charge in [0, 0.05) is 13.6 Å². The van der Waals surface area contributed by atoms with Gasteiger partial charge in [0.15, 0.2) is 0 Å². The minimum absolute atomic E-state index is 0.0467. The average molecular weight is 631 g/mol. The Labute approximate surface area is 252 Å². The summed E-state index contributed by atoms with van der Waals surface area (Å²) in [5.74, 6) is -2.44. The highest BCUT2D eigenvalue weighted by atomic mass is 19.4. The highest BCUT2D eigenvalue weighted by Crippen LogP contribution is 2.42. The maximum absolute atomic E-state index is 14.0. The van der Waals surface area contributed by atoms with Crippen LogP contribution in [0.25, 0.3) is 0 Å². The fourth-order valence-corrected chi connectivity index (χ4v) is 5.75. The van der Waals surface area contributed by atoms with Crippen molar-refractivity contribution >= 4 is 18.0 Å². The predicted octanol–water partition coefficient (Wildman–Crippen LogP) is 7.26. The van der Waals surface area contributed by atoms with Gasteiger partial charge in [-0.15, -0.1) is 0 Å². The summed E-state index contributed by atoms with van der Waals surface area (Å²) >= 11 is 0. The molecule has 0 N–H and O–H groups in total. The molecule has 1 fully saturated rings. The van der Waals surface area contributed by atoms with E-state index in [1.54, 1.807) is 0 Å². The number of carbonyl (C=O) groups excluding carboxylic acids is 3. The third-order valence-corrected chi connectivity index (χ3v) is 8.34. The molecule has 0 aromatic heterocycles. The Balaban J connectivity index is 2.01. The van der Waals surface area contributed by atoms with Crippen LogP contribution >= 0.6 is 0 Å². The first kappa shape index (κ1) is 34.7. The molecule has 0 bridgehead atoms. The summed E-state index contributed by atoms with van der Waals surface area (Å²) in [6.45, 7) is 5.21. The molecule has 4 atom stereocenters. The second-order valence-electron chi connectivity index (χ2n) is 11.2. The first-order valence-corrected chi connectivity index (χ1v) is 13.9. The van der Waals surface area contributed by atoms with Crippen LogP contribution in [0.1, 0.15) is 71.7 Å². The van der Waals surface area contributed by atoms with Crippen LogP contribution in [0, 0.1) is 25.7 Å². The molecule has 44 heavy (non-hydrogen) atoms. The van der Waals surface area contributed by atoms with E-state index in [-0.39, 0.29) is 37.4 Å². The number of benzene rings is 2. The Morgan fingerprint density at radius 1 is 0.955 bits per heavy atom. The highest BCUT2D eigenvalue weighted by molar-refractivity contribution is 5.80. The zero-order chi connectivity index (χ0) is 33.1. The van der Waals surface area contributed by atoms with Crippen molar-refractivity contribution in [1.82, 2.24) is 9.80 Å². The van der Waals surface area contributed by atoms with E-state index in [1.165, 1.54) is 33.1 Å². The number of methoxy groups -OCH3 is 2. The Morgan fingerprint density at radius 3 is 2.05 bits per heavy atom. The quantitative estimate of drug-likeness (QED) is 0.238. The van der Waals surface area contributed by atoms with Crippen LogP contribution in [0.2, 0.25) is 0 Å². The van der Waals surface area contributed by atoms with Gasteiger partial charge in [0.05, 0.1) is 49.8 Å². The van der Waals surface area contributed by atoms with Crippen molar-refractivity contribution in [2.24, 2.45) is 11.8 Å². The zero-order valence-corrected chi connectivity index (χ0v) is 25.3. The van der Waals surface area contributed by atoms with E-state index in [2.05, 4.69) is 0 Å². The van der Waals surface area contributed by atoms with Crippen LogP contribution in [0.15, 0.2) is 36.4 Å². The van der Waals surface area contributed by atoms with Crippen LogP contribution in [0.4, 0.5) is 31.1 Å². The van der Waals surface area contributed by atoms with Gasteiger partial charge in [-0.3, -0.25) is 9.59 Å². The van der Waals surface area contributed by atoms with E-state index in [0.29, 0.717) is 12.1 Å². The van der Waals surface area contributed by atoms with Crippen LogP contribution in [-0.4, -0.2) is 55.6 Å². The first-order valence-electron chi connectivity index (χ1n) is 13.9. The number of aryl methyl sites for hydroxylation is 2. The number of amides is 2. The number of rotatable bonds is 7. The lowest BCUT2D eigenvalue weighted by molar-refractivity contribution is -0.155. The molecule has 1 aliphatic rings. The summed E-state index contributed by atoms with van der Waals surface area (Å²) in [5, 5.41) is 0. The summed E-state index contributed by atoms with van der Waals surface area (Å²) in [6.07, 6.45) is -9.76. The van der Waals surface area contributed by atoms with E-state index >= 15 is 0 Å². The van der Waals surface area contributed by atoms with Crippen molar-refractivity contribution in [1.29, 1.82) is 0 Å². The van der Waals surface area contributed by atoms with E-state index in [1.807, 2.05) is 32.0 Å². The summed E-state index contributed by atoms with van der Waals surface area (Å²) in [4.78, 5) is 41.4. The average Bonchev–Trinajstić information content (AvgIpc) is 2.96. The summed E-state index contributed by atoms with van der Waals surface area (Å²) in [5.41, 5.74) is -0.698. The van der Waals surface area contributed by atoms with Crippen molar-refractivity contribution in [3.05, 3.63) is 69.8 Å². The second kappa shape index (κ2) is 13.5. The van der Waals surface area contributed by atoms with Crippen molar-refractivity contribution in [2.75, 3.05) is 27.8 Å². The lowest BCUT2D eigenvalue weighted by Gasteiger charge is -2.44. The van der Waals surface area contributed by atoms with Crippen LogP contribution in [-0.2, 0) is 31.4 Å². The number of likely N-dealkylation sites (tertiary alicyclic amines) is 1. The lowest BCUT2D eigenvalue weighted by atomic mass is 9.77. The number of ether oxygens (including phenoxy) is 2. The van der Waals surface area contributed by atoms with Gasteiger partial charge in [-0.1, -0.05) is 23.8 Å². The predicted molar refractivity (Wildman–Crippen MR) is 148 cm³/mol. The molecule has 2 aromatic carbocycles. The normalized spacial score (nSPS) is 18.8. The van der Waals surface area contributed by atoms with Crippen molar-refractivity contribution < 1.29 is 50.2 Å². The van der Waals surface area contributed by atoms with Crippen LogP contribution in [0.5, 0.6) is 0 Å². The summed E-state index contributed by atoms with van der Waals surface area (Å²) in [7, 11) is 3.73. The number of halogens is 6. The number of hydrogen-bond acceptors (Lipinski definition) is 5. The molecule has 0 saturated carbocycles. The number of urea groups is 1. The van der Waals surface area contributed by atoms with E-state index in [4.69, 9.17) is 9.47 Å². The number of hydrogen-bond donors (Lipinski definition) is 0. The molecule has 2 aromatic rings. The first-order chi connectivity index (χ1) is 20.4. The van der Waals surface area contributed by atoms with Gasteiger partial charge >= 0.3 is 30.3 Å². The highest BCUT2D eigenvalue weighted by Gasteiger charge is 2.42.